The predicted molar refractivity (Wildman–Crippen MR) is 51.7 cm³/mol. The van der Waals surface area contributed by atoms with Crippen molar-refractivity contribution in [1.82, 2.24) is 0 Å². The maximum absolute atomic E-state index is 12.4. The molecule has 0 amide bonds. The Morgan fingerprint density at radius 2 is 2.00 bits per heavy atom. The molecule has 0 radical (unpaired) electrons. The number of hydrogen-bond donors (Lipinski definition) is 1. The number of aliphatic hydroxyl groups is 1. The van der Waals surface area contributed by atoms with Gasteiger partial charge in [0.2, 0.25) is 0 Å². The van der Waals surface area contributed by atoms with Crippen LogP contribution in [0, 0.1) is 10.1 Å². The predicted octanol–water partition coefficient (Wildman–Crippen LogP) is 2.87. The van der Waals surface area contributed by atoms with E-state index in [1.54, 1.807) is 0 Å². The van der Waals surface area contributed by atoms with E-state index in [1.165, 1.54) is 0 Å². The molecule has 0 bridgehead atoms. The van der Waals surface area contributed by atoms with Crippen LogP contribution < -0.4 is 0 Å². The monoisotopic (exact) mass is 299 g/mol. The molecule has 88 valence electrons. The van der Waals surface area contributed by atoms with Crippen LogP contribution >= 0.6 is 15.9 Å². The lowest BCUT2D eigenvalue weighted by Crippen LogP contribution is -2.09. The van der Waals surface area contributed by atoms with E-state index in [9.17, 15) is 23.3 Å². The van der Waals surface area contributed by atoms with Crippen molar-refractivity contribution in [3.8, 4) is 0 Å². The van der Waals surface area contributed by atoms with Crippen molar-refractivity contribution in [2.45, 2.75) is 12.8 Å². The number of halogens is 4. The van der Waals surface area contributed by atoms with Crippen LogP contribution in [-0.2, 0) is 12.8 Å². The second-order valence-electron chi connectivity index (χ2n) is 2.84. The van der Waals surface area contributed by atoms with Crippen molar-refractivity contribution in [2.75, 3.05) is 0 Å². The number of nitro benzene ring substituents is 1. The normalized spacial score (nSPS) is 11.6. The highest BCUT2D eigenvalue weighted by atomic mass is 79.9. The van der Waals surface area contributed by atoms with Crippen molar-refractivity contribution < 1.29 is 23.2 Å². The first-order valence-corrected chi connectivity index (χ1v) is 4.72. The molecule has 1 aromatic carbocycles. The van der Waals surface area contributed by atoms with E-state index < -0.39 is 33.4 Å². The Balaban J connectivity index is 3.46. The Bertz CT molecular complexity index is 433. The van der Waals surface area contributed by atoms with Gasteiger partial charge in [-0.05, 0) is 22.0 Å². The Morgan fingerprint density at radius 3 is 2.38 bits per heavy atom. The quantitative estimate of drug-likeness (QED) is 0.674. The number of hydrogen-bond acceptors (Lipinski definition) is 3. The summed E-state index contributed by atoms with van der Waals surface area (Å²) in [7, 11) is 0. The Hall–Kier alpha value is -1.15. The SMILES string of the molecule is O=[N+]([O-])c1ccc(C(F)(F)F)c(Br)c1CO. The van der Waals surface area contributed by atoms with E-state index in [0.29, 0.717) is 6.07 Å². The van der Waals surface area contributed by atoms with E-state index in [1.807, 2.05) is 0 Å². The molecule has 1 rings (SSSR count). The molecular formula is C8H5BrF3NO3. The molecule has 0 spiro atoms. The fraction of sp³-hybridized carbons (Fsp3) is 0.250. The molecule has 1 aromatic rings. The summed E-state index contributed by atoms with van der Waals surface area (Å²) in [5.41, 5.74) is -2.00. The van der Waals surface area contributed by atoms with Gasteiger partial charge in [-0.1, -0.05) is 0 Å². The number of alkyl halides is 3. The van der Waals surface area contributed by atoms with Gasteiger partial charge in [0.25, 0.3) is 5.69 Å². The molecule has 0 aromatic heterocycles. The van der Waals surface area contributed by atoms with Crippen LogP contribution in [0.5, 0.6) is 0 Å². The van der Waals surface area contributed by atoms with Gasteiger partial charge in [-0.2, -0.15) is 13.2 Å². The minimum absolute atomic E-state index is 0.389. The number of aliphatic hydroxyl groups excluding tert-OH is 1. The molecule has 16 heavy (non-hydrogen) atoms. The maximum atomic E-state index is 12.4. The summed E-state index contributed by atoms with van der Waals surface area (Å²) in [4.78, 5) is 9.64. The van der Waals surface area contributed by atoms with Crippen LogP contribution in [0.1, 0.15) is 11.1 Å². The van der Waals surface area contributed by atoms with E-state index in [2.05, 4.69) is 15.9 Å². The molecule has 0 aliphatic carbocycles. The van der Waals surface area contributed by atoms with Crippen molar-refractivity contribution in [3.05, 3.63) is 37.8 Å². The average molecular weight is 300 g/mol. The van der Waals surface area contributed by atoms with Crippen molar-refractivity contribution in [1.29, 1.82) is 0 Å². The van der Waals surface area contributed by atoms with Gasteiger partial charge < -0.3 is 5.11 Å². The largest absolute Gasteiger partial charge is 0.417 e. The highest BCUT2D eigenvalue weighted by Gasteiger charge is 2.35. The topological polar surface area (TPSA) is 63.4 Å². The molecule has 0 saturated carbocycles. The first-order chi connectivity index (χ1) is 7.29. The second kappa shape index (κ2) is 4.38. The van der Waals surface area contributed by atoms with Gasteiger partial charge >= 0.3 is 6.18 Å². The van der Waals surface area contributed by atoms with Gasteiger partial charge in [0, 0.05) is 10.5 Å². The van der Waals surface area contributed by atoms with E-state index in [0.717, 1.165) is 6.07 Å². The Labute approximate surface area is 96.0 Å². The van der Waals surface area contributed by atoms with Crippen LogP contribution in [-0.4, -0.2) is 10.0 Å². The third-order valence-electron chi connectivity index (χ3n) is 1.88. The summed E-state index contributed by atoms with van der Waals surface area (Å²) in [6.45, 7) is -0.846. The van der Waals surface area contributed by atoms with Gasteiger partial charge in [-0.3, -0.25) is 10.1 Å². The molecular weight excluding hydrogens is 295 g/mol. The summed E-state index contributed by atoms with van der Waals surface area (Å²) >= 11 is 2.61. The van der Waals surface area contributed by atoms with E-state index in [4.69, 9.17) is 5.11 Å². The van der Waals surface area contributed by atoms with Gasteiger partial charge in [0.1, 0.15) is 0 Å². The molecule has 0 fully saturated rings. The van der Waals surface area contributed by atoms with Crippen molar-refractivity contribution in [2.24, 2.45) is 0 Å². The van der Waals surface area contributed by atoms with Crippen LogP contribution in [0.3, 0.4) is 0 Å². The molecule has 0 unspecified atom stereocenters. The smallest absolute Gasteiger partial charge is 0.391 e. The molecule has 0 saturated heterocycles. The highest BCUT2D eigenvalue weighted by molar-refractivity contribution is 9.10. The number of nitro groups is 1. The minimum atomic E-state index is -4.63. The highest BCUT2D eigenvalue weighted by Crippen LogP contribution is 2.39. The van der Waals surface area contributed by atoms with Gasteiger partial charge in [-0.15, -0.1) is 0 Å². The van der Waals surface area contributed by atoms with Crippen molar-refractivity contribution >= 4 is 21.6 Å². The van der Waals surface area contributed by atoms with Crippen LogP contribution in [0.15, 0.2) is 16.6 Å². The third kappa shape index (κ3) is 2.33. The van der Waals surface area contributed by atoms with E-state index >= 15 is 0 Å². The number of nitrogens with zero attached hydrogens (tertiary/aromatic N) is 1. The molecule has 0 atom stereocenters. The van der Waals surface area contributed by atoms with Gasteiger partial charge in [0.05, 0.1) is 22.7 Å². The van der Waals surface area contributed by atoms with Crippen LogP contribution in [0.25, 0.3) is 0 Å². The summed E-state index contributed by atoms with van der Waals surface area (Å²) in [6.07, 6.45) is -4.63. The minimum Gasteiger partial charge on any atom is -0.391 e. The van der Waals surface area contributed by atoms with Crippen molar-refractivity contribution in [3.63, 3.8) is 0 Å². The first kappa shape index (κ1) is 12.9. The zero-order valence-corrected chi connectivity index (χ0v) is 9.17. The lowest BCUT2D eigenvalue weighted by molar-refractivity contribution is -0.386. The Morgan fingerprint density at radius 1 is 1.44 bits per heavy atom. The third-order valence-corrected chi connectivity index (χ3v) is 2.78. The van der Waals surface area contributed by atoms with Crippen LogP contribution in [0.4, 0.5) is 18.9 Å². The summed E-state index contributed by atoms with van der Waals surface area (Å²) in [6, 6.07) is 1.32. The number of benzene rings is 1. The van der Waals surface area contributed by atoms with Crippen LogP contribution in [0.2, 0.25) is 0 Å². The standard InChI is InChI=1S/C8H5BrF3NO3/c9-7-4(3-14)6(13(15)16)2-1-5(7)8(10,11)12/h1-2,14H,3H2. The van der Waals surface area contributed by atoms with Gasteiger partial charge in [0.15, 0.2) is 0 Å². The number of rotatable bonds is 2. The lowest BCUT2D eigenvalue weighted by Gasteiger charge is -2.11. The zero-order valence-electron chi connectivity index (χ0n) is 7.58. The Kier molecular flexibility index (Phi) is 3.54. The molecule has 0 aliphatic heterocycles. The fourth-order valence-corrected chi connectivity index (χ4v) is 1.84. The summed E-state index contributed by atoms with van der Waals surface area (Å²) in [5.74, 6) is 0. The molecule has 1 N–H and O–H groups in total. The molecule has 4 nitrogen and oxygen atoms in total. The fourth-order valence-electron chi connectivity index (χ4n) is 1.15. The molecule has 0 aliphatic rings. The van der Waals surface area contributed by atoms with Gasteiger partial charge in [-0.25, -0.2) is 0 Å². The van der Waals surface area contributed by atoms with E-state index in [-0.39, 0.29) is 5.56 Å². The average Bonchev–Trinajstić information content (AvgIpc) is 2.14. The summed E-state index contributed by atoms with van der Waals surface area (Å²) < 4.78 is 36.7. The summed E-state index contributed by atoms with van der Waals surface area (Å²) in [5, 5.41) is 19.3. The second-order valence-corrected chi connectivity index (χ2v) is 3.63. The maximum Gasteiger partial charge on any atom is 0.417 e. The molecule has 8 heteroatoms. The molecule has 0 heterocycles. The zero-order chi connectivity index (χ0) is 12.5. The lowest BCUT2D eigenvalue weighted by atomic mass is 10.1. The first-order valence-electron chi connectivity index (χ1n) is 3.93.